The van der Waals surface area contributed by atoms with E-state index in [0.29, 0.717) is 19.0 Å². The van der Waals surface area contributed by atoms with E-state index in [4.69, 9.17) is 5.73 Å². The number of rotatable bonds is 3. The van der Waals surface area contributed by atoms with Crippen molar-refractivity contribution < 1.29 is 9.59 Å². The molecular weight excluding hydrogens is 252 g/mol. The number of imide groups is 1. The van der Waals surface area contributed by atoms with Crippen LogP contribution in [-0.4, -0.2) is 16.7 Å². The molecule has 1 aliphatic heterocycles. The van der Waals surface area contributed by atoms with Crippen LogP contribution in [0.2, 0.25) is 0 Å². The summed E-state index contributed by atoms with van der Waals surface area (Å²) in [5.41, 5.74) is 7.62. The fourth-order valence-corrected chi connectivity index (χ4v) is 3.54. The van der Waals surface area contributed by atoms with E-state index in [1.54, 1.807) is 0 Å². The molecule has 0 aromatic heterocycles. The molecule has 0 spiro atoms. The first-order valence-corrected chi connectivity index (χ1v) is 7.23. The Morgan fingerprint density at radius 1 is 1.15 bits per heavy atom. The molecular formula is C16H20N2O2. The molecule has 1 aromatic carbocycles. The molecule has 2 unspecified atom stereocenters. The molecule has 2 fully saturated rings. The van der Waals surface area contributed by atoms with E-state index in [9.17, 15) is 9.59 Å². The maximum Gasteiger partial charge on any atom is 0.233 e. The Bertz CT molecular complexity index is 531. The van der Waals surface area contributed by atoms with E-state index in [0.717, 1.165) is 24.0 Å². The van der Waals surface area contributed by atoms with Crippen LogP contribution in [0.5, 0.6) is 0 Å². The molecule has 4 nitrogen and oxygen atoms in total. The number of nitrogens with two attached hydrogens (primary N) is 1. The van der Waals surface area contributed by atoms with Gasteiger partial charge in [0.2, 0.25) is 11.8 Å². The highest BCUT2D eigenvalue weighted by Crippen LogP contribution is 2.43. The van der Waals surface area contributed by atoms with Crippen molar-refractivity contribution in [2.75, 3.05) is 0 Å². The molecule has 1 aliphatic carbocycles. The van der Waals surface area contributed by atoms with Crippen molar-refractivity contribution in [3.63, 3.8) is 0 Å². The van der Waals surface area contributed by atoms with Gasteiger partial charge in [0.1, 0.15) is 0 Å². The van der Waals surface area contributed by atoms with Gasteiger partial charge < -0.3 is 5.73 Å². The van der Waals surface area contributed by atoms with Crippen molar-refractivity contribution in [2.24, 2.45) is 23.5 Å². The smallest absolute Gasteiger partial charge is 0.233 e. The Morgan fingerprint density at radius 2 is 1.75 bits per heavy atom. The number of amides is 2. The highest BCUT2D eigenvalue weighted by Gasteiger charge is 2.51. The van der Waals surface area contributed by atoms with E-state index in [2.05, 4.69) is 6.92 Å². The first kappa shape index (κ1) is 13.3. The number of carbonyl (C=O) groups is 2. The zero-order valence-corrected chi connectivity index (χ0v) is 11.7. The Kier molecular flexibility index (Phi) is 3.34. The Morgan fingerprint density at radius 3 is 2.35 bits per heavy atom. The summed E-state index contributed by atoms with van der Waals surface area (Å²) < 4.78 is 0. The van der Waals surface area contributed by atoms with Crippen LogP contribution in [0.25, 0.3) is 0 Å². The minimum Gasteiger partial charge on any atom is -0.326 e. The molecule has 2 N–H and O–H groups in total. The third-order valence-electron chi connectivity index (χ3n) is 4.53. The number of nitrogens with zero attached hydrogens (tertiary/aromatic N) is 1. The van der Waals surface area contributed by atoms with Crippen molar-refractivity contribution in [1.82, 2.24) is 4.90 Å². The summed E-state index contributed by atoms with van der Waals surface area (Å²) in [6.45, 7) is 2.97. The summed E-state index contributed by atoms with van der Waals surface area (Å²) in [5, 5.41) is 0. The summed E-state index contributed by atoms with van der Waals surface area (Å²) in [6.07, 6.45) is 1.71. The molecule has 20 heavy (non-hydrogen) atoms. The van der Waals surface area contributed by atoms with Gasteiger partial charge in [0.15, 0.2) is 0 Å². The van der Waals surface area contributed by atoms with Crippen LogP contribution < -0.4 is 5.73 Å². The van der Waals surface area contributed by atoms with Crippen molar-refractivity contribution in [2.45, 2.75) is 32.9 Å². The van der Waals surface area contributed by atoms with Gasteiger partial charge >= 0.3 is 0 Å². The van der Waals surface area contributed by atoms with Crippen molar-refractivity contribution >= 4 is 11.8 Å². The third kappa shape index (κ3) is 2.14. The lowest BCUT2D eigenvalue weighted by Gasteiger charge is -2.17. The molecule has 2 amide bonds. The summed E-state index contributed by atoms with van der Waals surface area (Å²) in [6, 6.07) is 7.78. The second kappa shape index (κ2) is 5.02. The van der Waals surface area contributed by atoms with E-state index in [-0.39, 0.29) is 23.7 Å². The van der Waals surface area contributed by atoms with Crippen LogP contribution in [0.4, 0.5) is 0 Å². The minimum absolute atomic E-state index is 0.0162. The zero-order chi connectivity index (χ0) is 14.3. The number of fused-ring (bicyclic) bond motifs is 1. The van der Waals surface area contributed by atoms with Crippen LogP contribution in [0.15, 0.2) is 24.3 Å². The zero-order valence-electron chi connectivity index (χ0n) is 11.7. The Hall–Kier alpha value is -1.68. The largest absolute Gasteiger partial charge is 0.326 e. The van der Waals surface area contributed by atoms with Crippen LogP contribution >= 0.6 is 0 Å². The maximum atomic E-state index is 12.4. The first-order valence-electron chi connectivity index (χ1n) is 7.23. The Labute approximate surface area is 118 Å². The molecule has 106 valence electrons. The molecule has 1 aromatic rings. The molecule has 2 aliphatic rings. The van der Waals surface area contributed by atoms with Crippen LogP contribution in [0.3, 0.4) is 0 Å². The van der Waals surface area contributed by atoms with Gasteiger partial charge in [0, 0.05) is 6.54 Å². The number of benzene rings is 1. The summed E-state index contributed by atoms with van der Waals surface area (Å²) in [5.74, 6) is 0.371. The third-order valence-corrected chi connectivity index (χ3v) is 4.53. The standard InChI is InChI=1S/C16H20N2O2/c1-10-5-13-14(6-10)16(20)18(15(13)19)9-12-4-2-3-11(7-12)8-17/h2-4,7,10,13-14H,5-6,8-9,17H2,1H3. The topological polar surface area (TPSA) is 63.4 Å². The van der Waals surface area contributed by atoms with Crippen LogP contribution in [0, 0.1) is 17.8 Å². The summed E-state index contributed by atoms with van der Waals surface area (Å²) in [4.78, 5) is 26.2. The highest BCUT2D eigenvalue weighted by atomic mass is 16.2. The molecule has 1 saturated heterocycles. The second-order valence-corrected chi connectivity index (χ2v) is 6.08. The van der Waals surface area contributed by atoms with Crippen LogP contribution in [0.1, 0.15) is 30.9 Å². The van der Waals surface area contributed by atoms with E-state index in [1.807, 2.05) is 24.3 Å². The van der Waals surface area contributed by atoms with Gasteiger partial charge in [-0.1, -0.05) is 31.2 Å². The number of hydrogen-bond acceptors (Lipinski definition) is 3. The van der Waals surface area contributed by atoms with Gasteiger partial charge in [0.25, 0.3) is 0 Å². The number of hydrogen-bond donors (Lipinski definition) is 1. The minimum atomic E-state index is -0.0739. The van der Waals surface area contributed by atoms with Gasteiger partial charge in [-0.2, -0.15) is 0 Å². The van der Waals surface area contributed by atoms with Gasteiger partial charge in [0.05, 0.1) is 18.4 Å². The SMILES string of the molecule is CC1CC2C(=O)N(Cc3cccc(CN)c3)C(=O)C2C1. The van der Waals surface area contributed by atoms with Crippen molar-refractivity contribution in [1.29, 1.82) is 0 Å². The fourth-order valence-electron chi connectivity index (χ4n) is 3.54. The predicted octanol–water partition coefficient (Wildman–Crippen LogP) is 1.68. The normalized spacial score (nSPS) is 29.1. The van der Waals surface area contributed by atoms with Gasteiger partial charge in [-0.05, 0) is 29.9 Å². The lowest BCUT2D eigenvalue weighted by atomic mass is 10.00. The highest BCUT2D eigenvalue weighted by molar-refractivity contribution is 6.05. The van der Waals surface area contributed by atoms with Crippen molar-refractivity contribution in [3.05, 3.63) is 35.4 Å². The predicted molar refractivity (Wildman–Crippen MR) is 75.3 cm³/mol. The molecule has 0 radical (unpaired) electrons. The Balaban J connectivity index is 1.78. The molecule has 4 heteroatoms. The van der Waals surface area contributed by atoms with Gasteiger partial charge in [-0.3, -0.25) is 14.5 Å². The monoisotopic (exact) mass is 272 g/mol. The second-order valence-electron chi connectivity index (χ2n) is 6.08. The van der Waals surface area contributed by atoms with E-state index in [1.165, 1.54) is 4.90 Å². The average molecular weight is 272 g/mol. The first-order chi connectivity index (χ1) is 9.60. The van der Waals surface area contributed by atoms with E-state index >= 15 is 0 Å². The van der Waals surface area contributed by atoms with Crippen LogP contribution in [-0.2, 0) is 22.7 Å². The van der Waals surface area contributed by atoms with Crippen molar-refractivity contribution in [3.8, 4) is 0 Å². The number of likely N-dealkylation sites (tertiary alicyclic amines) is 1. The quantitative estimate of drug-likeness (QED) is 0.851. The summed E-state index contributed by atoms with van der Waals surface area (Å²) >= 11 is 0. The fraction of sp³-hybridized carbons (Fsp3) is 0.500. The number of carbonyl (C=O) groups excluding carboxylic acids is 2. The lowest BCUT2D eigenvalue weighted by molar-refractivity contribution is -0.141. The summed E-state index contributed by atoms with van der Waals surface area (Å²) in [7, 11) is 0. The average Bonchev–Trinajstić information content (AvgIpc) is 2.93. The molecule has 3 rings (SSSR count). The molecule has 1 saturated carbocycles. The van der Waals surface area contributed by atoms with E-state index < -0.39 is 0 Å². The molecule has 0 bridgehead atoms. The lowest BCUT2D eigenvalue weighted by Crippen LogP contribution is -2.31. The van der Waals surface area contributed by atoms with Gasteiger partial charge in [-0.15, -0.1) is 0 Å². The molecule has 2 atom stereocenters. The molecule has 1 heterocycles. The van der Waals surface area contributed by atoms with Gasteiger partial charge in [-0.25, -0.2) is 0 Å². The maximum absolute atomic E-state index is 12.4.